The number of aromatic nitrogens is 2. The number of anilines is 1. The first-order chi connectivity index (χ1) is 13.5. The number of ether oxygens (including phenoxy) is 2. The minimum atomic E-state index is -0.0976. The summed E-state index contributed by atoms with van der Waals surface area (Å²) in [5, 5.41) is 6.92. The van der Waals surface area contributed by atoms with Gasteiger partial charge in [-0.25, -0.2) is 0 Å². The number of hydrogen-bond acceptors (Lipinski definition) is 6. The van der Waals surface area contributed by atoms with Gasteiger partial charge in [-0.3, -0.25) is 4.79 Å². The molecule has 3 aromatic rings. The van der Waals surface area contributed by atoms with Crippen LogP contribution in [-0.2, 0) is 11.2 Å². The van der Waals surface area contributed by atoms with Gasteiger partial charge in [-0.2, -0.15) is 4.98 Å². The molecule has 0 unspecified atom stereocenters. The Bertz CT molecular complexity index is 982. The maximum Gasteiger partial charge on any atom is 0.227 e. The van der Waals surface area contributed by atoms with Crippen molar-refractivity contribution in [2.24, 2.45) is 0 Å². The van der Waals surface area contributed by atoms with Gasteiger partial charge in [-0.05, 0) is 49.2 Å². The first-order valence-electron chi connectivity index (χ1n) is 8.92. The number of nitrogens with zero attached hydrogens (tertiary/aromatic N) is 2. The van der Waals surface area contributed by atoms with E-state index in [1.54, 1.807) is 26.4 Å². The van der Waals surface area contributed by atoms with Crippen molar-refractivity contribution >= 4 is 11.6 Å². The van der Waals surface area contributed by atoms with E-state index in [0.29, 0.717) is 29.6 Å². The molecule has 0 saturated heterocycles. The highest BCUT2D eigenvalue weighted by atomic mass is 16.5. The van der Waals surface area contributed by atoms with Gasteiger partial charge >= 0.3 is 0 Å². The Kier molecular flexibility index (Phi) is 5.93. The molecule has 7 heteroatoms. The van der Waals surface area contributed by atoms with Gasteiger partial charge in [-0.1, -0.05) is 17.3 Å². The van der Waals surface area contributed by atoms with E-state index in [2.05, 4.69) is 15.5 Å². The number of hydrogen-bond donors (Lipinski definition) is 1. The van der Waals surface area contributed by atoms with Crippen LogP contribution >= 0.6 is 0 Å². The van der Waals surface area contributed by atoms with Crippen LogP contribution in [0.5, 0.6) is 11.5 Å². The van der Waals surface area contributed by atoms with E-state index in [0.717, 1.165) is 22.4 Å². The molecule has 0 atom stereocenters. The molecule has 0 aliphatic carbocycles. The average molecular weight is 381 g/mol. The van der Waals surface area contributed by atoms with Crippen LogP contribution in [0.2, 0.25) is 0 Å². The zero-order chi connectivity index (χ0) is 20.1. The van der Waals surface area contributed by atoms with E-state index in [9.17, 15) is 4.79 Å². The van der Waals surface area contributed by atoms with Crippen molar-refractivity contribution < 1.29 is 18.8 Å². The van der Waals surface area contributed by atoms with Gasteiger partial charge in [0.1, 0.15) is 0 Å². The fourth-order valence-electron chi connectivity index (χ4n) is 2.75. The van der Waals surface area contributed by atoms with Crippen molar-refractivity contribution in [1.82, 2.24) is 10.1 Å². The Labute approximate surface area is 163 Å². The number of nitrogens with one attached hydrogen (secondary N) is 1. The summed E-state index contributed by atoms with van der Waals surface area (Å²) >= 11 is 0. The second-order valence-corrected chi connectivity index (χ2v) is 6.45. The number of amides is 1. The largest absolute Gasteiger partial charge is 0.493 e. The van der Waals surface area contributed by atoms with Crippen LogP contribution < -0.4 is 14.8 Å². The van der Waals surface area contributed by atoms with E-state index in [1.165, 1.54) is 0 Å². The standard InChI is InChI=1S/C21H23N3O4/c1-13-5-6-14(2)16(11-13)22-19(25)9-10-20-23-21(24-28-20)15-7-8-17(26-3)18(12-15)27-4/h5-8,11-12H,9-10H2,1-4H3,(H,22,25). The fourth-order valence-corrected chi connectivity index (χ4v) is 2.75. The van der Waals surface area contributed by atoms with Gasteiger partial charge in [-0.15, -0.1) is 0 Å². The molecule has 0 saturated carbocycles. The van der Waals surface area contributed by atoms with Crippen LogP contribution in [-0.4, -0.2) is 30.3 Å². The Morgan fingerprint density at radius 2 is 1.86 bits per heavy atom. The topological polar surface area (TPSA) is 86.5 Å². The van der Waals surface area contributed by atoms with Crippen LogP contribution in [0.15, 0.2) is 40.9 Å². The lowest BCUT2D eigenvalue weighted by Gasteiger charge is -2.08. The third-order valence-corrected chi connectivity index (χ3v) is 4.34. The summed E-state index contributed by atoms with van der Waals surface area (Å²) in [5.74, 6) is 1.95. The minimum absolute atomic E-state index is 0.0976. The maximum absolute atomic E-state index is 12.2. The molecule has 0 aliphatic rings. The number of rotatable bonds is 7. The first kappa shape index (κ1) is 19.4. The molecule has 2 aromatic carbocycles. The van der Waals surface area contributed by atoms with Gasteiger partial charge in [0.25, 0.3) is 0 Å². The normalized spacial score (nSPS) is 10.6. The van der Waals surface area contributed by atoms with Gasteiger partial charge in [0.05, 0.1) is 14.2 Å². The minimum Gasteiger partial charge on any atom is -0.493 e. The number of aryl methyl sites for hydroxylation is 3. The molecular formula is C21H23N3O4. The molecule has 3 rings (SSSR count). The van der Waals surface area contributed by atoms with E-state index in [-0.39, 0.29) is 12.3 Å². The Balaban J connectivity index is 1.63. The lowest BCUT2D eigenvalue weighted by atomic mass is 10.1. The molecule has 0 aliphatic heterocycles. The lowest BCUT2D eigenvalue weighted by molar-refractivity contribution is -0.116. The summed E-state index contributed by atoms with van der Waals surface area (Å²) in [5.41, 5.74) is 3.68. The maximum atomic E-state index is 12.2. The number of carbonyl (C=O) groups is 1. The van der Waals surface area contributed by atoms with Crippen molar-refractivity contribution in [3.63, 3.8) is 0 Å². The number of methoxy groups -OCH3 is 2. The highest BCUT2D eigenvalue weighted by molar-refractivity contribution is 5.91. The fraction of sp³-hybridized carbons (Fsp3) is 0.286. The summed E-state index contributed by atoms with van der Waals surface area (Å²) < 4.78 is 15.8. The molecule has 0 spiro atoms. The third-order valence-electron chi connectivity index (χ3n) is 4.34. The summed E-state index contributed by atoms with van der Waals surface area (Å²) in [4.78, 5) is 16.6. The first-order valence-corrected chi connectivity index (χ1v) is 8.92. The van der Waals surface area contributed by atoms with Crippen LogP contribution in [0, 0.1) is 13.8 Å². The molecule has 0 radical (unpaired) electrons. The Hall–Kier alpha value is -3.35. The summed E-state index contributed by atoms with van der Waals surface area (Å²) in [6.07, 6.45) is 0.609. The summed E-state index contributed by atoms with van der Waals surface area (Å²) in [6.45, 7) is 3.95. The molecule has 0 bridgehead atoms. The quantitative estimate of drug-likeness (QED) is 0.667. The average Bonchev–Trinajstić information content (AvgIpc) is 3.17. The second kappa shape index (κ2) is 8.56. The summed E-state index contributed by atoms with van der Waals surface area (Å²) in [6, 6.07) is 11.3. The van der Waals surface area contributed by atoms with E-state index >= 15 is 0 Å². The SMILES string of the molecule is COc1ccc(-c2noc(CCC(=O)Nc3cc(C)ccc3C)n2)cc1OC. The van der Waals surface area contributed by atoms with Crippen molar-refractivity contribution in [1.29, 1.82) is 0 Å². The second-order valence-electron chi connectivity index (χ2n) is 6.45. The molecule has 1 N–H and O–H groups in total. The van der Waals surface area contributed by atoms with Crippen molar-refractivity contribution in [2.75, 3.05) is 19.5 Å². The van der Waals surface area contributed by atoms with E-state index < -0.39 is 0 Å². The van der Waals surface area contributed by atoms with Gasteiger partial charge in [0, 0.05) is 24.1 Å². The Morgan fingerprint density at radius 1 is 1.07 bits per heavy atom. The Morgan fingerprint density at radius 3 is 2.61 bits per heavy atom. The molecule has 7 nitrogen and oxygen atoms in total. The zero-order valence-corrected chi connectivity index (χ0v) is 16.4. The molecule has 146 valence electrons. The number of carbonyl (C=O) groups excluding carboxylic acids is 1. The van der Waals surface area contributed by atoms with Crippen LogP contribution in [0.4, 0.5) is 5.69 Å². The van der Waals surface area contributed by atoms with Crippen molar-refractivity contribution in [2.45, 2.75) is 26.7 Å². The lowest BCUT2D eigenvalue weighted by Crippen LogP contribution is -2.13. The monoisotopic (exact) mass is 381 g/mol. The zero-order valence-electron chi connectivity index (χ0n) is 16.4. The van der Waals surface area contributed by atoms with Crippen LogP contribution in [0.3, 0.4) is 0 Å². The van der Waals surface area contributed by atoms with Gasteiger partial charge in [0.2, 0.25) is 17.6 Å². The molecule has 28 heavy (non-hydrogen) atoms. The predicted molar refractivity (Wildman–Crippen MR) is 106 cm³/mol. The van der Waals surface area contributed by atoms with Gasteiger partial charge in [0.15, 0.2) is 11.5 Å². The number of benzene rings is 2. The van der Waals surface area contributed by atoms with Crippen molar-refractivity contribution in [3.05, 3.63) is 53.4 Å². The third kappa shape index (κ3) is 4.49. The molecule has 1 aromatic heterocycles. The predicted octanol–water partition coefficient (Wildman–Crippen LogP) is 3.94. The van der Waals surface area contributed by atoms with E-state index in [4.69, 9.17) is 14.0 Å². The van der Waals surface area contributed by atoms with Gasteiger partial charge < -0.3 is 19.3 Å². The van der Waals surface area contributed by atoms with E-state index in [1.807, 2.05) is 38.1 Å². The highest BCUT2D eigenvalue weighted by Crippen LogP contribution is 2.31. The summed E-state index contributed by atoms with van der Waals surface area (Å²) in [7, 11) is 3.14. The molecule has 1 heterocycles. The van der Waals surface area contributed by atoms with Crippen molar-refractivity contribution in [3.8, 4) is 22.9 Å². The molecule has 1 amide bonds. The highest BCUT2D eigenvalue weighted by Gasteiger charge is 2.13. The molecule has 0 fully saturated rings. The molecular weight excluding hydrogens is 358 g/mol. The van der Waals surface area contributed by atoms with Crippen LogP contribution in [0.25, 0.3) is 11.4 Å². The van der Waals surface area contributed by atoms with Crippen LogP contribution in [0.1, 0.15) is 23.4 Å². The smallest absolute Gasteiger partial charge is 0.227 e.